The number of carboxylic acids is 1. The molecular formula is C11H18N4O5S. The van der Waals surface area contributed by atoms with Gasteiger partial charge in [-0.3, -0.25) is 24.1 Å². The van der Waals surface area contributed by atoms with Gasteiger partial charge in [-0.2, -0.15) is 0 Å². The van der Waals surface area contributed by atoms with E-state index in [0.717, 1.165) is 16.7 Å². The fraction of sp³-hybridized carbons (Fsp3) is 0.636. The molecule has 10 heteroatoms. The number of likely N-dealkylation sites (N-methyl/N-ethyl adjacent to an activating group) is 1. The lowest BCUT2D eigenvalue weighted by molar-refractivity contribution is -0.145. The number of carbonyl (C=O) groups is 4. The number of hydrogen-bond acceptors (Lipinski definition) is 7. The maximum absolute atomic E-state index is 12.1. The Labute approximate surface area is 125 Å². The third-order valence-corrected chi connectivity index (χ3v) is 4.41. The van der Waals surface area contributed by atoms with Crippen LogP contribution in [-0.2, 0) is 19.2 Å². The minimum atomic E-state index is -1.16. The van der Waals surface area contributed by atoms with Crippen molar-refractivity contribution in [1.82, 2.24) is 10.2 Å². The average molecular weight is 318 g/mol. The molecule has 0 aliphatic carbocycles. The van der Waals surface area contributed by atoms with Gasteiger partial charge in [-0.05, 0) is 7.05 Å². The zero-order chi connectivity index (χ0) is 16.2. The second-order valence-corrected chi connectivity index (χ2v) is 5.70. The fourth-order valence-electron chi connectivity index (χ4n) is 1.92. The van der Waals surface area contributed by atoms with E-state index in [1.165, 1.54) is 7.05 Å². The molecule has 1 saturated heterocycles. The minimum Gasteiger partial charge on any atom is -0.480 e. The number of imide groups is 1. The zero-order valence-corrected chi connectivity index (χ0v) is 12.3. The average Bonchev–Trinajstić information content (AvgIpc) is 2.67. The molecule has 3 amide bonds. The van der Waals surface area contributed by atoms with Gasteiger partial charge in [0.15, 0.2) is 0 Å². The van der Waals surface area contributed by atoms with Crippen molar-refractivity contribution in [2.24, 2.45) is 11.5 Å². The van der Waals surface area contributed by atoms with Crippen LogP contribution < -0.4 is 16.8 Å². The van der Waals surface area contributed by atoms with Gasteiger partial charge in [-0.1, -0.05) is 0 Å². The maximum Gasteiger partial charge on any atom is 0.321 e. The van der Waals surface area contributed by atoms with E-state index in [-0.39, 0.29) is 18.7 Å². The number of aliphatic carboxylic acids is 1. The molecule has 1 heterocycles. The van der Waals surface area contributed by atoms with Crippen molar-refractivity contribution in [2.45, 2.75) is 23.8 Å². The molecule has 0 saturated carbocycles. The third kappa shape index (κ3) is 3.93. The molecule has 0 radical (unpaired) electrons. The Morgan fingerprint density at radius 3 is 2.57 bits per heavy atom. The molecule has 0 aromatic heterocycles. The van der Waals surface area contributed by atoms with Gasteiger partial charge < -0.3 is 21.9 Å². The molecule has 6 N–H and O–H groups in total. The number of carbonyl (C=O) groups excluding carboxylic acids is 3. The molecule has 1 aliphatic rings. The van der Waals surface area contributed by atoms with E-state index in [1.807, 2.05) is 0 Å². The molecule has 1 fully saturated rings. The molecule has 0 aromatic carbocycles. The quantitative estimate of drug-likeness (QED) is 0.353. The van der Waals surface area contributed by atoms with E-state index in [4.69, 9.17) is 16.6 Å². The summed E-state index contributed by atoms with van der Waals surface area (Å²) in [6.45, 7) is -0.238. The highest BCUT2D eigenvalue weighted by Gasteiger charge is 2.44. The molecule has 1 rings (SSSR count). The van der Waals surface area contributed by atoms with E-state index >= 15 is 0 Å². The van der Waals surface area contributed by atoms with Crippen molar-refractivity contribution in [3.63, 3.8) is 0 Å². The summed E-state index contributed by atoms with van der Waals surface area (Å²) in [7, 11) is 1.49. The molecule has 3 atom stereocenters. The number of nitrogens with zero attached hydrogens (tertiary/aromatic N) is 1. The van der Waals surface area contributed by atoms with E-state index in [2.05, 4.69) is 5.32 Å². The first kappa shape index (κ1) is 17.4. The van der Waals surface area contributed by atoms with Crippen LogP contribution in [0.3, 0.4) is 0 Å². The lowest BCUT2D eigenvalue weighted by atomic mass is 10.2. The molecule has 9 nitrogen and oxygen atoms in total. The number of primary amides is 1. The third-order valence-electron chi connectivity index (χ3n) is 3.12. The SMILES string of the molecule is CNC(CSC1CC(=O)N(C(CN)C(N)=O)C1=O)C(=O)O. The van der Waals surface area contributed by atoms with Crippen LogP contribution in [0, 0.1) is 0 Å². The summed E-state index contributed by atoms with van der Waals surface area (Å²) in [6.07, 6.45) is -0.0939. The number of thioether (sulfide) groups is 1. The second kappa shape index (κ2) is 7.38. The van der Waals surface area contributed by atoms with Crippen LogP contribution in [-0.4, -0.2) is 70.4 Å². The highest BCUT2D eigenvalue weighted by Crippen LogP contribution is 2.27. The van der Waals surface area contributed by atoms with Crippen LogP contribution in [0.1, 0.15) is 6.42 Å². The molecule has 0 aromatic rings. The minimum absolute atomic E-state index is 0.0939. The summed E-state index contributed by atoms with van der Waals surface area (Å²) < 4.78 is 0. The Hall–Kier alpha value is -1.65. The Morgan fingerprint density at radius 1 is 1.52 bits per heavy atom. The summed E-state index contributed by atoms with van der Waals surface area (Å²) in [4.78, 5) is 46.9. The van der Waals surface area contributed by atoms with Crippen LogP contribution in [0.15, 0.2) is 0 Å². The van der Waals surface area contributed by atoms with Gasteiger partial charge in [0.2, 0.25) is 17.7 Å². The first-order valence-corrected chi connectivity index (χ1v) is 7.25. The van der Waals surface area contributed by atoms with Gasteiger partial charge in [0, 0.05) is 18.7 Å². The number of likely N-dealkylation sites (tertiary alicyclic amines) is 1. The standard InChI is InChI=1S/C11H18N4O5S/c1-14-5(11(19)20)4-21-7-2-8(16)15(10(7)18)6(3-12)9(13)17/h5-7,14H,2-4,12H2,1H3,(H2,13,17)(H,19,20). The monoisotopic (exact) mass is 318 g/mol. The van der Waals surface area contributed by atoms with Gasteiger partial charge >= 0.3 is 5.97 Å². The summed E-state index contributed by atoms with van der Waals surface area (Å²) in [5.74, 6) is -2.85. The Bertz CT molecular complexity index is 458. The van der Waals surface area contributed by atoms with Gasteiger partial charge in [-0.15, -0.1) is 11.8 Å². The zero-order valence-electron chi connectivity index (χ0n) is 11.4. The smallest absolute Gasteiger partial charge is 0.321 e. The first-order chi connectivity index (χ1) is 9.83. The topological polar surface area (TPSA) is 156 Å². The molecule has 21 heavy (non-hydrogen) atoms. The number of nitrogens with two attached hydrogens (primary N) is 2. The molecule has 3 unspecified atom stereocenters. The van der Waals surface area contributed by atoms with Crippen LogP contribution in [0.5, 0.6) is 0 Å². The van der Waals surface area contributed by atoms with E-state index in [9.17, 15) is 19.2 Å². The van der Waals surface area contributed by atoms with Crippen molar-refractivity contribution in [3.8, 4) is 0 Å². The summed E-state index contributed by atoms with van der Waals surface area (Å²) >= 11 is 1.05. The number of carboxylic acid groups (broad SMARTS) is 1. The van der Waals surface area contributed by atoms with E-state index in [1.54, 1.807) is 0 Å². The van der Waals surface area contributed by atoms with Gasteiger partial charge in [-0.25, -0.2) is 0 Å². The van der Waals surface area contributed by atoms with Crippen LogP contribution in [0.4, 0.5) is 0 Å². The van der Waals surface area contributed by atoms with Crippen molar-refractivity contribution in [2.75, 3.05) is 19.3 Å². The molecular weight excluding hydrogens is 300 g/mol. The summed E-state index contributed by atoms with van der Waals surface area (Å²) in [5, 5.41) is 10.8. The number of amides is 3. The highest BCUT2D eigenvalue weighted by atomic mass is 32.2. The van der Waals surface area contributed by atoms with E-state index in [0.29, 0.717) is 0 Å². The highest BCUT2D eigenvalue weighted by molar-refractivity contribution is 8.00. The van der Waals surface area contributed by atoms with Crippen LogP contribution >= 0.6 is 11.8 Å². The van der Waals surface area contributed by atoms with Crippen molar-refractivity contribution in [3.05, 3.63) is 0 Å². The first-order valence-electron chi connectivity index (χ1n) is 6.20. The molecule has 1 aliphatic heterocycles. The fourth-order valence-corrected chi connectivity index (χ4v) is 3.17. The number of rotatable bonds is 8. The second-order valence-electron chi connectivity index (χ2n) is 4.46. The van der Waals surface area contributed by atoms with Crippen molar-refractivity contribution < 1.29 is 24.3 Å². The molecule has 0 bridgehead atoms. The predicted octanol–water partition coefficient (Wildman–Crippen LogP) is -2.67. The predicted molar refractivity (Wildman–Crippen MR) is 75.2 cm³/mol. The Kier molecular flexibility index (Phi) is 6.12. The number of hydrogen-bond donors (Lipinski definition) is 4. The van der Waals surface area contributed by atoms with Crippen molar-refractivity contribution in [1.29, 1.82) is 0 Å². The van der Waals surface area contributed by atoms with Crippen molar-refractivity contribution >= 4 is 35.5 Å². The maximum atomic E-state index is 12.1. The lowest BCUT2D eigenvalue weighted by Crippen LogP contribution is -2.52. The van der Waals surface area contributed by atoms with Gasteiger partial charge in [0.05, 0.1) is 5.25 Å². The molecule has 0 spiro atoms. The Morgan fingerprint density at radius 2 is 2.14 bits per heavy atom. The lowest BCUT2D eigenvalue weighted by Gasteiger charge is -2.22. The summed E-state index contributed by atoms with van der Waals surface area (Å²) in [6, 6.07) is -1.98. The number of nitrogens with one attached hydrogen (secondary N) is 1. The van der Waals surface area contributed by atoms with E-state index < -0.39 is 41.0 Å². The van der Waals surface area contributed by atoms with Gasteiger partial charge in [0.25, 0.3) is 0 Å². The summed E-state index contributed by atoms with van der Waals surface area (Å²) in [5.41, 5.74) is 10.5. The van der Waals surface area contributed by atoms with Crippen LogP contribution in [0.25, 0.3) is 0 Å². The molecule has 118 valence electrons. The Balaban J connectivity index is 2.73. The largest absolute Gasteiger partial charge is 0.480 e. The van der Waals surface area contributed by atoms with Gasteiger partial charge in [0.1, 0.15) is 12.1 Å². The van der Waals surface area contributed by atoms with Crippen LogP contribution in [0.2, 0.25) is 0 Å². The normalized spacial score (nSPS) is 21.4.